The zero-order chi connectivity index (χ0) is 19.1. The maximum atomic E-state index is 12.1. The van der Waals surface area contributed by atoms with Crippen LogP contribution in [0.2, 0.25) is 0 Å². The molecule has 1 aliphatic rings. The summed E-state index contributed by atoms with van der Waals surface area (Å²) in [7, 11) is 0. The van der Waals surface area contributed by atoms with Gasteiger partial charge in [-0.2, -0.15) is 0 Å². The Hall–Kier alpha value is -3.02. The van der Waals surface area contributed by atoms with Crippen LogP contribution in [0.4, 0.5) is 4.79 Å². The Morgan fingerprint density at radius 1 is 1.15 bits per heavy atom. The first-order valence-electron chi connectivity index (χ1n) is 9.11. The smallest absolute Gasteiger partial charge is 0.408 e. The molecule has 0 aromatic heterocycles. The number of hydrogen-bond donors (Lipinski definition) is 2. The van der Waals surface area contributed by atoms with Gasteiger partial charge in [0, 0.05) is 13.0 Å². The first kappa shape index (κ1) is 18.8. The molecule has 2 N–H and O–H groups in total. The van der Waals surface area contributed by atoms with Gasteiger partial charge in [-0.25, -0.2) is 4.79 Å². The highest BCUT2D eigenvalue weighted by Crippen LogP contribution is 2.25. The van der Waals surface area contributed by atoms with E-state index in [0.717, 1.165) is 36.3 Å². The van der Waals surface area contributed by atoms with Crippen molar-refractivity contribution in [3.8, 4) is 5.75 Å². The molecule has 0 radical (unpaired) electrons. The highest BCUT2D eigenvalue weighted by molar-refractivity contribution is 5.85. The summed E-state index contributed by atoms with van der Waals surface area (Å²) in [5.41, 5.74) is 3.27. The molecule has 0 fully saturated rings. The fraction of sp³-hybridized carbons (Fsp3) is 0.333. The van der Waals surface area contributed by atoms with Gasteiger partial charge in [0.15, 0.2) is 0 Å². The van der Waals surface area contributed by atoms with E-state index >= 15 is 0 Å². The molecule has 1 heterocycles. The molecule has 0 spiro atoms. The van der Waals surface area contributed by atoms with Gasteiger partial charge in [0.1, 0.15) is 18.4 Å². The number of carbonyl (C=O) groups excluding carboxylic acids is 2. The van der Waals surface area contributed by atoms with Crippen molar-refractivity contribution in [1.82, 2.24) is 10.6 Å². The lowest BCUT2D eigenvalue weighted by atomic mass is 10.1. The average Bonchev–Trinajstić information content (AvgIpc) is 3.15. The zero-order valence-electron chi connectivity index (χ0n) is 15.4. The molecular formula is C21H24N2O4. The monoisotopic (exact) mass is 368 g/mol. The minimum Gasteiger partial charge on any atom is -0.493 e. The minimum atomic E-state index is -0.665. The molecule has 3 rings (SSSR count). The molecule has 0 unspecified atom stereocenters. The first-order chi connectivity index (χ1) is 13.1. The summed E-state index contributed by atoms with van der Waals surface area (Å²) < 4.78 is 10.6. The van der Waals surface area contributed by atoms with Crippen LogP contribution in [0.15, 0.2) is 48.5 Å². The summed E-state index contributed by atoms with van der Waals surface area (Å²) >= 11 is 0. The normalized spacial score (nSPS) is 13.2. The Morgan fingerprint density at radius 2 is 1.96 bits per heavy atom. The molecule has 0 bridgehead atoms. The number of hydrogen-bond acceptors (Lipinski definition) is 4. The molecule has 0 saturated carbocycles. The highest BCUT2D eigenvalue weighted by atomic mass is 16.5. The van der Waals surface area contributed by atoms with Crippen molar-refractivity contribution >= 4 is 12.0 Å². The SMILES string of the molecule is C[C@H](NC(=O)OCc1ccccc1)C(=O)NCCc1ccc2c(c1)CCO2. The number of benzene rings is 2. The molecule has 2 aromatic carbocycles. The largest absolute Gasteiger partial charge is 0.493 e. The third kappa shape index (κ3) is 5.48. The molecule has 6 heteroatoms. The van der Waals surface area contributed by atoms with E-state index in [4.69, 9.17) is 9.47 Å². The molecule has 142 valence electrons. The third-order valence-corrected chi connectivity index (χ3v) is 4.41. The van der Waals surface area contributed by atoms with Gasteiger partial charge >= 0.3 is 6.09 Å². The molecule has 27 heavy (non-hydrogen) atoms. The summed E-state index contributed by atoms with van der Waals surface area (Å²) in [6, 6.07) is 14.8. The molecule has 1 aliphatic heterocycles. The van der Waals surface area contributed by atoms with E-state index in [2.05, 4.69) is 16.7 Å². The van der Waals surface area contributed by atoms with E-state index in [1.165, 1.54) is 5.56 Å². The van der Waals surface area contributed by atoms with Crippen LogP contribution in [-0.4, -0.2) is 31.2 Å². The second-order valence-corrected chi connectivity index (χ2v) is 6.51. The summed E-state index contributed by atoms with van der Waals surface area (Å²) in [6.45, 7) is 3.04. The quantitative estimate of drug-likeness (QED) is 0.788. The van der Waals surface area contributed by atoms with E-state index in [0.29, 0.717) is 6.54 Å². The summed E-state index contributed by atoms with van der Waals surface area (Å²) in [5.74, 6) is 0.714. The van der Waals surface area contributed by atoms with E-state index in [1.54, 1.807) is 6.92 Å². The number of nitrogens with one attached hydrogen (secondary N) is 2. The summed E-state index contributed by atoms with van der Waals surface area (Å²) in [4.78, 5) is 23.9. The Labute approximate surface area is 158 Å². The lowest BCUT2D eigenvalue weighted by molar-refractivity contribution is -0.122. The molecule has 6 nitrogen and oxygen atoms in total. The number of amides is 2. The Bertz CT molecular complexity index is 792. The van der Waals surface area contributed by atoms with Crippen LogP contribution in [0.1, 0.15) is 23.6 Å². The van der Waals surface area contributed by atoms with Crippen molar-refractivity contribution < 1.29 is 19.1 Å². The van der Waals surface area contributed by atoms with Gasteiger partial charge in [-0.3, -0.25) is 4.79 Å². The Kier molecular flexibility index (Phi) is 6.30. The topological polar surface area (TPSA) is 76.7 Å². The van der Waals surface area contributed by atoms with Crippen molar-refractivity contribution in [3.63, 3.8) is 0 Å². The average molecular weight is 368 g/mol. The fourth-order valence-electron chi connectivity index (χ4n) is 2.89. The van der Waals surface area contributed by atoms with Gasteiger partial charge in [-0.15, -0.1) is 0 Å². The van der Waals surface area contributed by atoms with Gasteiger partial charge in [0.05, 0.1) is 6.61 Å². The molecule has 0 saturated heterocycles. The van der Waals surface area contributed by atoms with E-state index in [9.17, 15) is 9.59 Å². The highest BCUT2D eigenvalue weighted by Gasteiger charge is 2.16. The van der Waals surface area contributed by atoms with Gasteiger partial charge < -0.3 is 20.1 Å². The zero-order valence-corrected chi connectivity index (χ0v) is 15.4. The van der Waals surface area contributed by atoms with Crippen LogP contribution in [0.5, 0.6) is 5.75 Å². The number of ether oxygens (including phenoxy) is 2. The van der Waals surface area contributed by atoms with Crippen molar-refractivity contribution in [1.29, 1.82) is 0 Å². The molecule has 2 aromatic rings. The minimum absolute atomic E-state index is 0.170. The van der Waals surface area contributed by atoms with Crippen molar-refractivity contribution in [2.24, 2.45) is 0 Å². The maximum absolute atomic E-state index is 12.1. The van der Waals surface area contributed by atoms with Gasteiger partial charge in [0.2, 0.25) is 5.91 Å². The number of alkyl carbamates (subject to hydrolysis) is 1. The van der Waals surface area contributed by atoms with Gasteiger partial charge in [-0.1, -0.05) is 42.5 Å². The number of fused-ring (bicyclic) bond motifs is 1. The van der Waals surface area contributed by atoms with Crippen LogP contribution in [0.3, 0.4) is 0 Å². The lowest BCUT2D eigenvalue weighted by Crippen LogP contribution is -2.45. The van der Waals surface area contributed by atoms with Crippen LogP contribution >= 0.6 is 0 Å². The van der Waals surface area contributed by atoms with Crippen LogP contribution in [0, 0.1) is 0 Å². The van der Waals surface area contributed by atoms with E-state index < -0.39 is 12.1 Å². The Morgan fingerprint density at radius 3 is 2.78 bits per heavy atom. The van der Waals surface area contributed by atoms with Crippen LogP contribution in [-0.2, 0) is 29.0 Å². The molecule has 1 atom stereocenters. The molecule has 2 amide bonds. The third-order valence-electron chi connectivity index (χ3n) is 4.41. The molecular weight excluding hydrogens is 344 g/mol. The second-order valence-electron chi connectivity index (χ2n) is 6.51. The summed E-state index contributed by atoms with van der Waals surface area (Å²) in [5, 5.41) is 5.38. The predicted molar refractivity (Wildman–Crippen MR) is 102 cm³/mol. The van der Waals surface area contributed by atoms with Gasteiger partial charge in [0.25, 0.3) is 0 Å². The van der Waals surface area contributed by atoms with Crippen molar-refractivity contribution in [2.45, 2.75) is 32.4 Å². The van der Waals surface area contributed by atoms with Crippen LogP contribution < -0.4 is 15.4 Å². The lowest BCUT2D eigenvalue weighted by Gasteiger charge is -2.14. The number of carbonyl (C=O) groups is 2. The number of rotatable bonds is 7. The first-order valence-corrected chi connectivity index (χ1v) is 9.11. The van der Waals surface area contributed by atoms with E-state index in [1.807, 2.05) is 42.5 Å². The van der Waals surface area contributed by atoms with E-state index in [-0.39, 0.29) is 12.5 Å². The standard InChI is InChI=1S/C21H24N2O4/c1-15(23-21(25)27-14-17-5-3-2-4-6-17)20(24)22-11-9-16-7-8-19-18(13-16)10-12-26-19/h2-8,13,15H,9-12,14H2,1H3,(H,22,24)(H,23,25)/t15-/m0/s1. The molecule has 0 aliphatic carbocycles. The van der Waals surface area contributed by atoms with Crippen LogP contribution in [0.25, 0.3) is 0 Å². The predicted octanol–water partition coefficient (Wildman–Crippen LogP) is 2.60. The second kappa shape index (κ2) is 9.07. The van der Waals surface area contributed by atoms with Crippen molar-refractivity contribution in [2.75, 3.05) is 13.2 Å². The van der Waals surface area contributed by atoms with Crippen molar-refractivity contribution in [3.05, 3.63) is 65.2 Å². The maximum Gasteiger partial charge on any atom is 0.408 e. The van der Waals surface area contributed by atoms with Gasteiger partial charge in [-0.05, 0) is 36.1 Å². The summed E-state index contributed by atoms with van der Waals surface area (Å²) in [6.07, 6.45) is 1.05. The fourth-order valence-corrected chi connectivity index (χ4v) is 2.89. The Balaban J connectivity index is 1.36.